The third-order valence-corrected chi connectivity index (χ3v) is 3.10. The lowest BCUT2D eigenvalue weighted by atomic mass is 10.2. The summed E-state index contributed by atoms with van der Waals surface area (Å²) in [5, 5.41) is 2.67. The van der Waals surface area contributed by atoms with Gasteiger partial charge >= 0.3 is 6.36 Å². The standard InChI is InChI=1S/C17H17F3N2O3/c1-3-4-15(23)22-12-6-8-16(21-10-12)24-13-7-5-11(2)14(9-13)25-17(18,19)20/h5-10H,3-4H2,1-2H3,(H,22,23). The summed E-state index contributed by atoms with van der Waals surface area (Å²) in [6, 6.07) is 7.21. The second kappa shape index (κ2) is 7.87. The summed E-state index contributed by atoms with van der Waals surface area (Å²) in [6.45, 7) is 3.39. The SMILES string of the molecule is CCCC(=O)Nc1ccc(Oc2ccc(C)c(OC(F)(F)F)c2)nc1. The molecule has 1 aromatic heterocycles. The molecule has 1 aromatic carbocycles. The molecule has 0 bridgehead atoms. The van der Waals surface area contributed by atoms with Gasteiger partial charge in [-0.3, -0.25) is 4.79 Å². The van der Waals surface area contributed by atoms with Gasteiger partial charge in [-0.15, -0.1) is 13.2 Å². The summed E-state index contributed by atoms with van der Waals surface area (Å²) in [5.74, 6) is -0.130. The zero-order valence-electron chi connectivity index (χ0n) is 13.7. The van der Waals surface area contributed by atoms with E-state index in [1.54, 1.807) is 6.07 Å². The molecule has 0 aliphatic rings. The fourth-order valence-corrected chi connectivity index (χ4v) is 1.96. The van der Waals surface area contributed by atoms with Crippen LogP contribution in [0.5, 0.6) is 17.4 Å². The van der Waals surface area contributed by atoms with Gasteiger partial charge in [-0.25, -0.2) is 4.98 Å². The molecule has 25 heavy (non-hydrogen) atoms. The topological polar surface area (TPSA) is 60.5 Å². The second-order valence-corrected chi connectivity index (χ2v) is 5.26. The van der Waals surface area contributed by atoms with E-state index in [0.29, 0.717) is 17.7 Å². The van der Waals surface area contributed by atoms with E-state index in [9.17, 15) is 18.0 Å². The molecule has 134 valence electrons. The first-order valence-electron chi connectivity index (χ1n) is 7.57. The molecule has 0 unspecified atom stereocenters. The third-order valence-electron chi connectivity index (χ3n) is 3.10. The Bertz CT molecular complexity index is 731. The summed E-state index contributed by atoms with van der Waals surface area (Å²) in [7, 11) is 0. The highest BCUT2D eigenvalue weighted by atomic mass is 19.4. The van der Waals surface area contributed by atoms with Crippen molar-refractivity contribution in [2.75, 3.05) is 5.32 Å². The van der Waals surface area contributed by atoms with Gasteiger partial charge in [-0.1, -0.05) is 13.0 Å². The summed E-state index contributed by atoms with van der Waals surface area (Å²) >= 11 is 0. The minimum atomic E-state index is -4.78. The average molecular weight is 354 g/mol. The van der Waals surface area contributed by atoms with Gasteiger partial charge in [0.1, 0.15) is 11.5 Å². The van der Waals surface area contributed by atoms with Crippen LogP contribution < -0.4 is 14.8 Å². The first-order valence-corrected chi connectivity index (χ1v) is 7.57. The quantitative estimate of drug-likeness (QED) is 0.808. The highest BCUT2D eigenvalue weighted by molar-refractivity contribution is 5.90. The number of halogens is 3. The molecule has 2 rings (SSSR count). The first-order chi connectivity index (χ1) is 11.8. The molecule has 0 aliphatic heterocycles. The number of carbonyl (C=O) groups is 1. The molecular weight excluding hydrogens is 337 g/mol. The van der Waals surface area contributed by atoms with E-state index in [2.05, 4.69) is 15.0 Å². The number of anilines is 1. The van der Waals surface area contributed by atoms with Gasteiger partial charge in [0.2, 0.25) is 11.8 Å². The Kier molecular flexibility index (Phi) is 5.84. The van der Waals surface area contributed by atoms with Crippen molar-refractivity contribution in [3.63, 3.8) is 0 Å². The molecular formula is C17H17F3N2O3. The number of nitrogens with zero attached hydrogens (tertiary/aromatic N) is 1. The monoisotopic (exact) mass is 354 g/mol. The smallest absolute Gasteiger partial charge is 0.439 e. The van der Waals surface area contributed by atoms with Crippen LogP contribution in [0.15, 0.2) is 36.5 Å². The minimum Gasteiger partial charge on any atom is -0.439 e. The summed E-state index contributed by atoms with van der Waals surface area (Å²) in [5.41, 5.74) is 0.836. The fourth-order valence-electron chi connectivity index (χ4n) is 1.96. The molecule has 5 nitrogen and oxygen atoms in total. The summed E-state index contributed by atoms with van der Waals surface area (Å²) in [4.78, 5) is 15.5. The van der Waals surface area contributed by atoms with E-state index in [4.69, 9.17) is 4.74 Å². The van der Waals surface area contributed by atoms with Gasteiger partial charge in [-0.2, -0.15) is 0 Å². The molecule has 0 fully saturated rings. The Labute approximate surface area is 142 Å². The normalized spacial score (nSPS) is 11.1. The Balaban J connectivity index is 2.07. The molecule has 8 heteroatoms. The average Bonchev–Trinajstić information content (AvgIpc) is 2.51. The highest BCUT2D eigenvalue weighted by Gasteiger charge is 2.31. The van der Waals surface area contributed by atoms with Crippen molar-refractivity contribution in [3.05, 3.63) is 42.1 Å². The van der Waals surface area contributed by atoms with Crippen molar-refractivity contribution in [1.29, 1.82) is 0 Å². The zero-order chi connectivity index (χ0) is 18.4. The van der Waals surface area contributed by atoms with Crippen LogP contribution in [0.3, 0.4) is 0 Å². The Morgan fingerprint density at radius 1 is 1.24 bits per heavy atom. The van der Waals surface area contributed by atoms with E-state index >= 15 is 0 Å². The lowest BCUT2D eigenvalue weighted by Gasteiger charge is -2.13. The van der Waals surface area contributed by atoms with E-state index in [0.717, 1.165) is 12.5 Å². The maximum Gasteiger partial charge on any atom is 0.573 e. The van der Waals surface area contributed by atoms with E-state index < -0.39 is 6.36 Å². The number of benzene rings is 1. The van der Waals surface area contributed by atoms with Crippen LogP contribution >= 0.6 is 0 Å². The molecule has 1 N–H and O–H groups in total. The van der Waals surface area contributed by atoms with Gasteiger partial charge in [0.15, 0.2) is 0 Å². The molecule has 0 atom stereocenters. The number of hydrogen-bond acceptors (Lipinski definition) is 4. The number of carbonyl (C=O) groups excluding carboxylic acids is 1. The van der Waals surface area contributed by atoms with Gasteiger partial charge in [-0.05, 0) is 31.0 Å². The second-order valence-electron chi connectivity index (χ2n) is 5.26. The maximum atomic E-state index is 12.4. The van der Waals surface area contributed by atoms with E-state index in [1.807, 2.05) is 6.92 Å². The lowest BCUT2D eigenvalue weighted by Crippen LogP contribution is -2.17. The molecule has 0 saturated carbocycles. The third kappa shape index (κ3) is 5.98. The number of amides is 1. The van der Waals surface area contributed by atoms with Gasteiger partial charge in [0, 0.05) is 18.6 Å². The lowest BCUT2D eigenvalue weighted by molar-refractivity contribution is -0.274. The molecule has 0 spiro atoms. The predicted octanol–water partition coefficient (Wildman–Crippen LogP) is 4.82. The molecule has 0 saturated heterocycles. The Morgan fingerprint density at radius 2 is 2.00 bits per heavy atom. The largest absolute Gasteiger partial charge is 0.573 e. The van der Waals surface area contributed by atoms with Crippen LogP contribution in [0, 0.1) is 6.92 Å². The van der Waals surface area contributed by atoms with Crippen LogP contribution in [0.4, 0.5) is 18.9 Å². The van der Waals surface area contributed by atoms with Gasteiger partial charge < -0.3 is 14.8 Å². The van der Waals surface area contributed by atoms with Crippen LogP contribution in [-0.4, -0.2) is 17.3 Å². The Hall–Kier alpha value is -2.77. The van der Waals surface area contributed by atoms with Crippen LogP contribution in [0.2, 0.25) is 0 Å². The van der Waals surface area contributed by atoms with Crippen molar-refractivity contribution < 1.29 is 27.4 Å². The number of rotatable bonds is 6. The maximum absolute atomic E-state index is 12.4. The number of pyridine rings is 1. The van der Waals surface area contributed by atoms with Crippen LogP contribution in [0.1, 0.15) is 25.3 Å². The number of alkyl halides is 3. The van der Waals surface area contributed by atoms with Crippen molar-refractivity contribution >= 4 is 11.6 Å². The number of hydrogen-bond donors (Lipinski definition) is 1. The molecule has 0 aliphatic carbocycles. The van der Waals surface area contributed by atoms with Crippen molar-refractivity contribution in [3.8, 4) is 17.4 Å². The molecule has 0 radical (unpaired) electrons. The van der Waals surface area contributed by atoms with Crippen molar-refractivity contribution in [2.24, 2.45) is 0 Å². The number of aromatic nitrogens is 1. The minimum absolute atomic E-state index is 0.120. The number of nitrogens with one attached hydrogen (secondary N) is 1. The predicted molar refractivity (Wildman–Crippen MR) is 85.7 cm³/mol. The summed E-state index contributed by atoms with van der Waals surface area (Å²) < 4.78 is 46.5. The molecule has 1 amide bonds. The molecule has 2 aromatic rings. The Morgan fingerprint density at radius 3 is 2.60 bits per heavy atom. The van der Waals surface area contributed by atoms with Gasteiger partial charge in [0.25, 0.3) is 0 Å². The van der Waals surface area contributed by atoms with Crippen LogP contribution in [-0.2, 0) is 4.79 Å². The van der Waals surface area contributed by atoms with Crippen molar-refractivity contribution in [2.45, 2.75) is 33.1 Å². The van der Waals surface area contributed by atoms with Gasteiger partial charge in [0.05, 0.1) is 11.9 Å². The fraction of sp³-hybridized carbons (Fsp3) is 0.294. The van der Waals surface area contributed by atoms with Crippen molar-refractivity contribution in [1.82, 2.24) is 4.98 Å². The van der Waals surface area contributed by atoms with E-state index in [1.165, 1.54) is 31.3 Å². The number of ether oxygens (including phenoxy) is 2. The van der Waals surface area contributed by atoms with Crippen LogP contribution in [0.25, 0.3) is 0 Å². The van der Waals surface area contributed by atoms with E-state index in [-0.39, 0.29) is 23.3 Å². The zero-order valence-corrected chi connectivity index (χ0v) is 13.7. The molecule has 1 heterocycles. The first kappa shape index (κ1) is 18.6. The highest BCUT2D eigenvalue weighted by Crippen LogP contribution is 2.31. The summed E-state index contributed by atoms with van der Waals surface area (Å²) in [6.07, 6.45) is -2.23. The number of aryl methyl sites for hydroxylation is 1.